The quantitative estimate of drug-likeness (QED) is 0.182. The summed E-state index contributed by atoms with van der Waals surface area (Å²) in [6, 6.07) is 0. The molecule has 0 aromatic carbocycles. The first-order chi connectivity index (χ1) is 15.0. The van der Waals surface area contributed by atoms with Crippen LogP contribution in [-0.4, -0.2) is 145 Å². The van der Waals surface area contributed by atoms with Gasteiger partial charge >= 0.3 is 0 Å². The predicted octanol–water partition coefficient (Wildman–Crippen LogP) is -5.52. The third-order valence-corrected chi connectivity index (χ3v) is 6.02. The van der Waals surface area contributed by atoms with Gasteiger partial charge in [0, 0.05) is 0 Å². The minimum atomic E-state index is -1.81. The molecule has 0 aliphatic carbocycles. The first kappa shape index (κ1) is 26.1. The number of ether oxygens (including phenoxy) is 5. The molecule has 15 atom stereocenters. The van der Waals surface area contributed by atoms with Gasteiger partial charge in [-0.1, -0.05) is 0 Å². The second kappa shape index (κ2) is 10.4. The van der Waals surface area contributed by atoms with Crippen LogP contribution in [0.1, 0.15) is 13.8 Å². The maximum absolute atomic E-state index is 10.6. The summed E-state index contributed by atoms with van der Waals surface area (Å²) in [7, 11) is 0. The summed E-state index contributed by atoms with van der Waals surface area (Å²) in [5.41, 5.74) is 0. The Hall–Kier alpha value is -0.560. The lowest BCUT2D eigenvalue weighted by Gasteiger charge is -2.47. The third kappa shape index (κ3) is 4.94. The van der Waals surface area contributed by atoms with Gasteiger partial charge in [0.05, 0.1) is 18.8 Å². The van der Waals surface area contributed by atoms with Crippen molar-refractivity contribution in [2.75, 3.05) is 6.61 Å². The van der Waals surface area contributed by atoms with Gasteiger partial charge in [-0.15, -0.1) is 0 Å². The molecule has 3 saturated heterocycles. The Morgan fingerprint density at radius 3 is 1.69 bits per heavy atom. The van der Waals surface area contributed by atoms with E-state index in [0.717, 1.165) is 0 Å². The molecular formula is C18H32O14. The van der Waals surface area contributed by atoms with Gasteiger partial charge in [0.15, 0.2) is 18.9 Å². The van der Waals surface area contributed by atoms with Crippen molar-refractivity contribution in [1.29, 1.82) is 0 Å². The van der Waals surface area contributed by atoms with Crippen molar-refractivity contribution < 1.29 is 69.6 Å². The van der Waals surface area contributed by atoms with E-state index in [4.69, 9.17) is 23.7 Å². The zero-order valence-corrected chi connectivity index (χ0v) is 17.4. The van der Waals surface area contributed by atoms with Crippen molar-refractivity contribution >= 4 is 0 Å². The fourth-order valence-corrected chi connectivity index (χ4v) is 3.91. The van der Waals surface area contributed by atoms with Gasteiger partial charge in [-0.3, -0.25) is 0 Å². The van der Waals surface area contributed by atoms with Crippen LogP contribution in [0, 0.1) is 0 Å². The SMILES string of the molecule is CC1OC(O)C(OC2OC(C)C(O)C(O)C2OC2OC(CO)C(O)C(O)C2O)C(O)C1O. The molecule has 0 amide bonds. The molecule has 32 heavy (non-hydrogen) atoms. The highest BCUT2D eigenvalue weighted by atomic mass is 16.8. The van der Waals surface area contributed by atoms with E-state index >= 15 is 0 Å². The Balaban J connectivity index is 1.79. The molecule has 0 radical (unpaired) electrons. The topological polar surface area (TPSA) is 228 Å². The molecule has 15 unspecified atom stereocenters. The lowest BCUT2D eigenvalue weighted by Crippen LogP contribution is -2.65. The average Bonchev–Trinajstić information content (AvgIpc) is 2.76. The zero-order chi connectivity index (χ0) is 23.9. The molecule has 14 heteroatoms. The van der Waals surface area contributed by atoms with E-state index in [2.05, 4.69) is 0 Å². The second-order valence-electron chi connectivity index (χ2n) is 8.30. The summed E-state index contributed by atoms with van der Waals surface area (Å²) < 4.78 is 26.9. The van der Waals surface area contributed by atoms with Crippen LogP contribution in [0.15, 0.2) is 0 Å². The van der Waals surface area contributed by atoms with E-state index < -0.39 is 98.7 Å². The third-order valence-electron chi connectivity index (χ3n) is 6.02. The van der Waals surface area contributed by atoms with E-state index in [-0.39, 0.29) is 0 Å². The monoisotopic (exact) mass is 472 g/mol. The molecule has 0 aromatic rings. The van der Waals surface area contributed by atoms with Crippen LogP contribution in [0.3, 0.4) is 0 Å². The van der Waals surface area contributed by atoms with Crippen LogP contribution in [-0.2, 0) is 23.7 Å². The molecule has 0 aromatic heterocycles. The van der Waals surface area contributed by atoms with Crippen LogP contribution in [0.25, 0.3) is 0 Å². The number of aliphatic hydroxyl groups is 9. The largest absolute Gasteiger partial charge is 0.394 e. The molecule has 3 aliphatic rings. The van der Waals surface area contributed by atoms with E-state index in [0.29, 0.717) is 0 Å². The summed E-state index contributed by atoms with van der Waals surface area (Å²) in [4.78, 5) is 0. The molecule has 3 rings (SSSR count). The molecule has 0 spiro atoms. The fraction of sp³-hybridized carbons (Fsp3) is 1.00. The number of rotatable bonds is 5. The molecule has 188 valence electrons. The first-order valence-electron chi connectivity index (χ1n) is 10.3. The molecule has 9 N–H and O–H groups in total. The normalized spacial score (nSPS) is 55.0. The van der Waals surface area contributed by atoms with Crippen LogP contribution in [0.4, 0.5) is 0 Å². The molecule has 3 heterocycles. The van der Waals surface area contributed by atoms with Gasteiger partial charge in [0.2, 0.25) is 0 Å². The number of hydrogen-bond donors (Lipinski definition) is 9. The van der Waals surface area contributed by atoms with Gasteiger partial charge in [-0.05, 0) is 13.8 Å². The fourth-order valence-electron chi connectivity index (χ4n) is 3.91. The van der Waals surface area contributed by atoms with E-state index in [9.17, 15) is 46.0 Å². The van der Waals surface area contributed by atoms with E-state index in [1.54, 1.807) is 0 Å². The summed E-state index contributed by atoms with van der Waals surface area (Å²) in [6.45, 7) is 2.12. The van der Waals surface area contributed by atoms with Crippen LogP contribution in [0.2, 0.25) is 0 Å². The predicted molar refractivity (Wildman–Crippen MR) is 98.4 cm³/mol. The minimum Gasteiger partial charge on any atom is -0.394 e. The molecule has 0 saturated carbocycles. The summed E-state index contributed by atoms with van der Waals surface area (Å²) >= 11 is 0. The van der Waals surface area contributed by atoms with Gasteiger partial charge in [-0.25, -0.2) is 0 Å². The molecule has 14 nitrogen and oxygen atoms in total. The maximum Gasteiger partial charge on any atom is 0.187 e. The van der Waals surface area contributed by atoms with Crippen molar-refractivity contribution in [3.05, 3.63) is 0 Å². The van der Waals surface area contributed by atoms with Crippen molar-refractivity contribution in [2.45, 2.75) is 106 Å². The van der Waals surface area contributed by atoms with E-state index in [1.165, 1.54) is 13.8 Å². The van der Waals surface area contributed by atoms with Crippen LogP contribution < -0.4 is 0 Å². The van der Waals surface area contributed by atoms with Crippen LogP contribution >= 0.6 is 0 Å². The summed E-state index contributed by atoms with van der Waals surface area (Å²) in [6.07, 6.45) is -22.7. The molecule has 0 bridgehead atoms. The Bertz CT molecular complexity index is 608. The highest BCUT2D eigenvalue weighted by Crippen LogP contribution is 2.32. The van der Waals surface area contributed by atoms with Crippen molar-refractivity contribution in [3.8, 4) is 0 Å². The second-order valence-corrected chi connectivity index (χ2v) is 8.30. The lowest BCUT2D eigenvalue weighted by molar-refractivity contribution is -0.387. The smallest absolute Gasteiger partial charge is 0.187 e. The van der Waals surface area contributed by atoms with Crippen LogP contribution in [0.5, 0.6) is 0 Å². The zero-order valence-electron chi connectivity index (χ0n) is 17.4. The standard InChI is InChI=1S/C18H32O14/c1-4-7(20)11(24)14(16(27)28-4)31-18-15(12(25)8(21)5(2)29-18)32-17-13(26)10(23)9(22)6(3-19)30-17/h4-27H,3H2,1-2H3. The Labute approximate surface area is 183 Å². The Kier molecular flexibility index (Phi) is 8.44. The van der Waals surface area contributed by atoms with Gasteiger partial charge in [-0.2, -0.15) is 0 Å². The number of aliphatic hydroxyl groups excluding tert-OH is 9. The van der Waals surface area contributed by atoms with Crippen molar-refractivity contribution in [1.82, 2.24) is 0 Å². The van der Waals surface area contributed by atoms with E-state index in [1.807, 2.05) is 0 Å². The minimum absolute atomic E-state index is 0.720. The van der Waals surface area contributed by atoms with Gasteiger partial charge in [0.25, 0.3) is 0 Å². The van der Waals surface area contributed by atoms with Crippen molar-refractivity contribution in [3.63, 3.8) is 0 Å². The first-order valence-corrected chi connectivity index (χ1v) is 10.3. The number of hydrogen-bond acceptors (Lipinski definition) is 14. The highest BCUT2D eigenvalue weighted by molar-refractivity contribution is 4.94. The summed E-state index contributed by atoms with van der Waals surface area (Å²) in [5, 5.41) is 90.6. The van der Waals surface area contributed by atoms with Crippen molar-refractivity contribution in [2.24, 2.45) is 0 Å². The molecule has 3 aliphatic heterocycles. The van der Waals surface area contributed by atoms with Gasteiger partial charge < -0.3 is 69.6 Å². The summed E-state index contributed by atoms with van der Waals surface area (Å²) in [5.74, 6) is 0. The lowest BCUT2D eigenvalue weighted by atomic mass is 9.97. The van der Waals surface area contributed by atoms with Gasteiger partial charge in [0.1, 0.15) is 61.0 Å². The Morgan fingerprint density at radius 1 is 0.562 bits per heavy atom. The average molecular weight is 472 g/mol. The molecule has 3 fully saturated rings. The maximum atomic E-state index is 10.6. The Morgan fingerprint density at radius 2 is 1.09 bits per heavy atom. The molecular weight excluding hydrogens is 440 g/mol. The highest BCUT2D eigenvalue weighted by Gasteiger charge is 2.52.